The van der Waals surface area contributed by atoms with E-state index in [9.17, 15) is 4.79 Å². The lowest BCUT2D eigenvalue weighted by Crippen LogP contribution is -2.22. The Bertz CT molecular complexity index is 1050. The number of ether oxygens (including phenoxy) is 1. The molecule has 0 saturated carbocycles. The fourth-order valence-electron chi connectivity index (χ4n) is 4.86. The number of nitrogens with zero attached hydrogens (tertiary/aromatic N) is 2. The summed E-state index contributed by atoms with van der Waals surface area (Å²) in [7, 11) is 1.67. The predicted octanol–water partition coefficient (Wildman–Crippen LogP) is 5.28. The van der Waals surface area contributed by atoms with E-state index in [0.29, 0.717) is 12.1 Å². The molecule has 4 heteroatoms. The Hall–Kier alpha value is -2.88. The number of fused-ring (bicyclic) bond motifs is 1. The molecule has 1 aliphatic rings. The van der Waals surface area contributed by atoms with E-state index in [1.54, 1.807) is 7.11 Å². The summed E-state index contributed by atoms with van der Waals surface area (Å²) in [6.07, 6.45) is 2.13. The number of Topliss-reactive ketones (excluding diaryl/α,β-unsaturated/α-hetero) is 1. The SMILES string of the molecule is CCc1nc2c(n1-c1ccc(OC)cc1)CC(c1c(C)cc(C)cc1C)CC2=O. The van der Waals surface area contributed by atoms with Crippen LogP contribution in [0.15, 0.2) is 36.4 Å². The standard InChI is InChI=1S/C25H28N2O2/c1-6-23-26-25-21(27(23)19-7-9-20(29-5)10-8-19)13-18(14-22(25)28)24-16(3)11-15(2)12-17(24)4/h7-12,18H,6,13-14H2,1-5H3. The molecule has 4 nitrogen and oxygen atoms in total. The summed E-state index contributed by atoms with van der Waals surface area (Å²) in [6, 6.07) is 12.4. The van der Waals surface area contributed by atoms with Crippen LogP contribution in [-0.4, -0.2) is 22.4 Å². The Balaban J connectivity index is 1.82. The molecule has 0 spiro atoms. The average molecular weight is 389 g/mol. The Morgan fingerprint density at radius 1 is 1.07 bits per heavy atom. The molecule has 0 bridgehead atoms. The number of carbonyl (C=O) groups excluding carboxylic acids is 1. The molecule has 0 fully saturated rings. The highest BCUT2D eigenvalue weighted by atomic mass is 16.5. The third-order valence-electron chi connectivity index (χ3n) is 5.97. The van der Waals surface area contributed by atoms with Crippen LogP contribution in [0.5, 0.6) is 5.75 Å². The molecule has 29 heavy (non-hydrogen) atoms. The minimum absolute atomic E-state index is 0.151. The van der Waals surface area contributed by atoms with Crippen LogP contribution in [-0.2, 0) is 12.8 Å². The maximum Gasteiger partial charge on any atom is 0.183 e. The highest BCUT2D eigenvalue weighted by Gasteiger charge is 2.33. The highest BCUT2D eigenvalue weighted by Crippen LogP contribution is 2.37. The molecule has 0 saturated heterocycles. The number of imidazole rings is 1. The average Bonchev–Trinajstić information content (AvgIpc) is 3.06. The van der Waals surface area contributed by atoms with Crippen LogP contribution >= 0.6 is 0 Å². The van der Waals surface area contributed by atoms with Crippen molar-refractivity contribution in [2.75, 3.05) is 7.11 Å². The first-order valence-electron chi connectivity index (χ1n) is 10.3. The van der Waals surface area contributed by atoms with Crippen molar-refractivity contribution in [3.63, 3.8) is 0 Å². The van der Waals surface area contributed by atoms with E-state index in [1.807, 2.05) is 24.3 Å². The molecule has 4 rings (SSSR count). The lowest BCUT2D eigenvalue weighted by molar-refractivity contribution is 0.0959. The van der Waals surface area contributed by atoms with Crippen LogP contribution in [0.4, 0.5) is 0 Å². The third kappa shape index (κ3) is 3.37. The second kappa shape index (κ2) is 7.51. The molecule has 0 radical (unpaired) electrons. The van der Waals surface area contributed by atoms with Gasteiger partial charge < -0.3 is 4.74 Å². The summed E-state index contributed by atoms with van der Waals surface area (Å²) in [6.45, 7) is 8.53. The number of aryl methyl sites for hydroxylation is 4. The van der Waals surface area contributed by atoms with Crippen molar-refractivity contribution < 1.29 is 9.53 Å². The summed E-state index contributed by atoms with van der Waals surface area (Å²) in [5.74, 6) is 2.10. The molecule has 150 valence electrons. The molecule has 1 aromatic heterocycles. The van der Waals surface area contributed by atoms with E-state index in [-0.39, 0.29) is 11.7 Å². The maximum atomic E-state index is 13.1. The summed E-state index contributed by atoms with van der Waals surface area (Å²) in [4.78, 5) is 17.8. The molecule has 0 N–H and O–H groups in total. The smallest absolute Gasteiger partial charge is 0.183 e. The van der Waals surface area contributed by atoms with Gasteiger partial charge in [-0.05, 0) is 74.1 Å². The minimum atomic E-state index is 0.151. The van der Waals surface area contributed by atoms with Gasteiger partial charge in [-0.25, -0.2) is 4.98 Å². The summed E-state index contributed by atoms with van der Waals surface area (Å²) in [5, 5.41) is 0. The van der Waals surface area contributed by atoms with E-state index < -0.39 is 0 Å². The normalized spacial score (nSPS) is 16.0. The molecule has 1 atom stereocenters. The van der Waals surface area contributed by atoms with Crippen molar-refractivity contribution in [3.05, 3.63) is 75.9 Å². The van der Waals surface area contributed by atoms with Gasteiger partial charge in [0.15, 0.2) is 5.78 Å². The van der Waals surface area contributed by atoms with Gasteiger partial charge in [0.05, 0.1) is 12.8 Å². The lowest BCUT2D eigenvalue weighted by Gasteiger charge is -2.26. The zero-order valence-corrected chi connectivity index (χ0v) is 17.9. The van der Waals surface area contributed by atoms with E-state index in [2.05, 4.69) is 44.4 Å². The number of carbonyl (C=O) groups is 1. The van der Waals surface area contributed by atoms with Gasteiger partial charge in [0, 0.05) is 18.5 Å². The predicted molar refractivity (Wildman–Crippen MR) is 116 cm³/mol. The fourth-order valence-corrected chi connectivity index (χ4v) is 4.86. The highest BCUT2D eigenvalue weighted by molar-refractivity contribution is 5.97. The van der Waals surface area contributed by atoms with Crippen LogP contribution in [0.2, 0.25) is 0 Å². The number of methoxy groups -OCH3 is 1. The largest absolute Gasteiger partial charge is 0.497 e. The Kier molecular flexibility index (Phi) is 5.03. The van der Waals surface area contributed by atoms with Crippen molar-refractivity contribution >= 4 is 5.78 Å². The molecule has 2 aromatic carbocycles. The number of hydrogen-bond donors (Lipinski definition) is 0. The molecular formula is C25H28N2O2. The topological polar surface area (TPSA) is 44.1 Å². The number of ketones is 1. The molecular weight excluding hydrogens is 360 g/mol. The van der Waals surface area contributed by atoms with Gasteiger partial charge in [-0.3, -0.25) is 9.36 Å². The molecule has 0 aliphatic heterocycles. The molecule has 1 heterocycles. The van der Waals surface area contributed by atoms with Crippen LogP contribution in [0.25, 0.3) is 5.69 Å². The molecule has 0 amide bonds. The van der Waals surface area contributed by atoms with E-state index in [0.717, 1.165) is 35.8 Å². The van der Waals surface area contributed by atoms with Gasteiger partial charge in [-0.2, -0.15) is 0 Å². The Labute approximate surface area is 172 Å². The molecule has 1 unspecified atom stereocenters. The number of benzene rings is 2. The number of hydrogen-bond acceptors (Lipinski definition) is 3. The second-order valence-electron chi connectivity index (χ2n) is 8.05. The van der Waals surface area contributed by atoms with Crippen LogP contribution < -0.4 is 4.74 Å². The van der Waals surface area contributed by atoms with E-state index in [4.69, 9.17) is 9.72 Å². The minimum Gasteiger partial charge on any atom is -0.497 e. The molecule has 1 aliphatic carbocycles. The first-order valence-corrected chi connectivity index (χ1v) is 10.3. The third-order valence-corrected chi connectivity index (χ3v) is 5.97. The zero-order chi connectivity index (χ0) is 20.7. The van der Waals surface area contributed by atoms with Crippen molar-refractivity contribution in [1.29, 1.82) is 0 Å². The van der Waals surface area contributed by atoms with Crippen molar-refractivity contribution in [2.24, 2.45) is 0 Å². The second-order valence-corrected chi connectivity index (χ2v) is 8.05. The quantitative estimate of drug-likeness (QED) is 0.611. The lowest BCUT2D eigenvalue weighted by atomic mass is 9.79. The summed E-state index contributed by atoms with van der Waals surface area (Å²) in [5.41, 5.74) is 7.84. The van der Waals surface area contributed by atoms with Gasteiger partial charge in [0.25, 0.3) is 0 Å². The summed E-state index contributed by atoms with van der Waals surface area (Å²) >= 11 is 0. The maximum absolute atomic E-state index is 13.1. The van der Waals surface area contributed by atoms with Crippen LogP contribution in [0.3, 0.4) is 0 Å². The van der Waals surface area contributed by atoms with Gasteiger partial charge in [0.1, 0.15) is 17.3 Å². The van der Waals surface area contributed by atoms with E-state index in [1.165, 1.54) is 22.3 Å². The van der Waals surface area contributed by atoms with Gasteiger partial charge in [-0.15, -0.1) is 0 Å². The zero-order valence-electron chi connectivity index (χ0n) is 17.9. The van der Waals surface area contributed by atoms with Gasteiger partial charge in [-0.1, -0.05) is 24.6 Å². The summed E-state index contributed by atoms with van der Waals surface area (Å²) < 4.78 is 7.48. The number of aromatic nitrogens is 2. The van der Waals surface area contributed by atoms with Crippen molar-refractivity contribution in [2.45, 2.75) is 52.9 Å². The van der Waals surface area contributed by atoms with Crippen molar-refractivity contribution in [1.82, 2.24) is 9.55 Å². The van der Waals surface area contributed by atoms with E-state index >= 15 is 0 Å². The first kappa shape index (κ1) is 19.4. The van der Waals surface area contributed by atoms with Gasteiger partial charge >= 0.3 is 0 Å². The monoisotopic (exact) mass is 388 g/mol. The fraction of sp³-hybridized carbons (Fsp3) is 0.360. The van der Waals surface area contributed by atoms with Crippen LogP contribution in [0.1, 0.15) is 63.5 Å². The Morgan fingerprint density at radius 2 is 1.72 bits per heavy atom. The van der Waals surface area contributed by atoms with Crippen LogP contribution in [0, 0.1) is 20.8 Å². The number of rotatable bonds is 4. The Morgan fingerprint density at radius 3 is 2.31 bits per heavy atom. The van der Waals surface area contributed by atoms with Crippen molar-refractivity contribution in [3.8, 4) is 11.4 Å². The van der Waals surface area contributed by atoms with Gasteiger partial charge in [0.2, 0.25) is 0 Å². The molecule has 3 aromatic rings. The first-order chi connectivity index (χ1) is 13.9.